The number of amides is 2. The number of rotatable bonds is 8. The van der Waals surface area contributed by atoms with Gasteiger partial charge >= 0.3 is 0 Å². The predicted molar refractivity (Wildman–Crippen MR) is 81.7 cm³/mol. The Morgan fingerprint density at radius 3 is 2.76 bits per heavy atom. The van der Waals surface area contributed by atoms with E-state index in [0.717, 1.165) is 25.8 Å². The van der Waals surface area contributed by atoms with Gasteiger partial charge in [-0.1, -0.05) is 19.4 Å². The van der Waals surface area contributed by atoms with E-state index >= 15 is 0 Å². The van der Waals surface area contributed by atoms with E-state index in [1.807, 2.05) is 18.9 Å². The Morgan fingerprint density at radius 2 is 2.24 bits per heavy atom. The average molecular weight is 297 g/mol. The second-order valence-corrected chi connectivity index (χ2v) is 5.52. The van der Waals surface area contributed by atoms with Gasteiger partial charge in [0.25, 0.3) is 5.91 Å². The zero-order valence-electron chi connectivity index (χ0n) is 13.0. The highest BCUT2D eigenvalue weighted by atomic mass is 16.3. The second kappa shape index (κ2) is 8.79. The molecule has 3 atom stereocenters. The molecule has 1 heterocycles. The zero-order chi connectivity index (χ0) is 15.8. The molecule has 2 amide bonds. The number of nitrogens with zero attached hydrogens (tertiary/aromatic N) is 1. The Hall–Kier alpha value is -1.40. The lowest BCUT2D eigenvalue weighted by molar-refractivity contribution is -0.133. The van der Waals surface area contributed by atoms with Crippen molar-refractivity contribution in [2.75, 3.05) is 20.1 Å². The number of likely N-dealkylation sites (tertiary alicyclic amines) is 1. The molecule has 0 spiro atoms. The summed E-state index contributed by atoms with van der Waals surface area (Å²) >= 11 is 0. The first-order chi connectivity index (χ1) is 10.0. The minimum absolute atomic E-state index is 0.107. The predicted octanol–water partition coefficient (Wildman–Crippen LogP) is 0.0286. The fourth-order valence-electron chi connectivity index (χ4n) is 2.60. The Bertz CT molecular complexity index is 373. The van der Waals surface area contributed by atoms with Crippen LogP contribution in [0.25, 0.3) is 0 Å². The Balaban J connectivity index is 2.61. The maximum absolute atomic E-state index is 12.3. The summed E-state index contributed by atoms with van der Waals surface area (Å²) < 4.78 is 0. The van der Waals surface area contributed by atoms with Crippen molar-refractivity contribution in [3.05, 3.63) is 12.7 Å². The smallest absolute Gasteiger partial charge is 0.251 e. The molecule has 3 N–H and O–H groups in total. The largest absolute Gasteiger partial charge is 0.381 e. The molecular weight excluding hydrogens is 270 g/mol. The Morgan fingerprint density at radius 1 is 1.52 bits per heavy atom. The number of carbonyl (C=O) groups is 2. The molecule has 0 aliphatic carbocycles. The van der Waals surface area contributed by atoms with Crippen LogP contribution < -0.4 is 10.6 Å². The molecule has 1 saturated heterocycles. The van der Waals surface area contributed by atoms with Gasteiger partial charge in [-0.25, -0.2) is 0 Å². The first-order valence-corrected chi connectivity index (χ1v) is 7.58. The SMILES string of the molecule is C=CCNC(=O)C(O)C(CCC)NC(=O)C1CCCN1C. The minimum atomic E-state index is -1.24. The number of hydrogen-bond donors (Lipinski definition) is 3. The van der Waals surface area contributed by atoms with Crippen molar-refractivity contribution >= 4 is 11.8 Å². The molecule has 0 aromatic carbocycles. The third-order valence-electron chi connectivity index (χ3n) is 3.82. The van der Waals surface area contributed by atoms with E-state index in [1.54, 1.807) is 6.08 Å². The van der Waals surface area contributed by atoms with Gasteiger partial charge in [0.15, 0.2) is 6.10 Å². The standard InChI is InChI=1S/C15H27N3O3/c1-4-7-11(13(19)15(21)16-9-5-2)17-14(20)12-8-6-10-18(12)3/h5,11-13,19H,2,4,6-10H2,1,3H3,(H,16,21)(H,17,20). The molecule has 6 heteroatoms. The molecule has 0 radical (unpaired) electrons. The number of aliphatic hydroxyl groups excluding tert-OH is 1. The lowest BCUT2D eigenvalue weighted by Gasteiger charge is -2.26. The van der Waals surface area contributed by atoms with E-state index in [0.29, 0.717) is 13.0 Å². The van der Waals surface area contributed by atoms with Crippen LogP contribution in [0.5, 0.6) is 0 Å². The van der Waals surface area contributed by atoms with Gasteiger partial charge in [0.05, 0.1) is 12.1 Å². The van der Waals surface area contributed by atoms with Crippen molar-refractivity contribution in [2.24, 2.45) is 0 Å². The van der Waals surface area contributed by atoms with E-state index in [4.69, 9.17) is 0 Å². The van der Waals surface area contributed by atoms with Crippen LogP contribution in [0.1, 0.15) is 32.6 Å². The zero-order valence-corrected chi connectivity index (χ0v) is 13.0. The van der Waals surface area contributed by atoms with Gasteiger partial charge < -0.3 is 15.7 Å². The highest BCUT2D eigenvalue weighted by Crippen LogP contribution is 2.15. The fourth-order valence-corrected chi connectivity index (χ4v) is 2.60. The van der Waals surface area contributed by atoms with Crippen LogP contribution in [-0.4, -0.2) is 60.1 Å². The highest BCUT2D eigenvalue weighted by molar-refractivity contribution is 5.85. The quantitative estimate of drug-likeness (QED) is 0.552. The van der Waals surface area contributed by atoms with Crippen LogP contribution in [0.15, 0.2) is 12.7 Å². The fraction of sp³-hybridized carbons (Fsp3) is 0.733. The van der Waals surface area contributed by atoms with Gasteiger partial charge in [-0.05, 0) is 32.9 Å². The molecule has 21 heavy (non-hydrogen) atoms. The van der Waals surface area contributed by atoms with E-state index < -0.39 is 18.1 Å². The third kappa shape index (κ3) is 5.13. The van der Waals surface area contributed by atoms with E-state index in [9.17, 15) is 14.7 Å². The van der Waals surface area contributed by atoms with E-state index in [-0.39, 0.29) is 11.9 Å². The number of aliphatic hydroxyl groups is 1. The molecule has 1 aliphatic rings. The number of hydrogen-bond acceptors (Lipinski definition) is 4. The van der Waals surface area contributed by atoms with Crippen LogP contribution in [0.4, 0.5) is 0 Å². The van der Waals surface area contributed by atoms with E-state index in [1.165, 1.54) is 0 Å². The molecule has 1 rings (SSSR count). The number of carbonyl (C=O) groups excluding carboxylic acids is 2. The topological polar surface area (TPSA) is 81.7 Å². The summed E-state index contributed by atoms with van der Waals surface area (Å²) in [6.07, 6.45) is 3.46. The third-order valence-corrected chi connectivity index (χ3v) is 3.82. The van der Waals surface area contributed by atoms with Gasteiger partial charge in [-0.3, -0.25) is 14.5 Å². The average Bonchev–Trinajstić information content (AvgIpc) is 2.89. The van der Waals surface area contributed by atoms with Crippen LogP contribution in [0.3, 0.4) is 0 Å². The monoisotopic (exact) mass is 297 g/mol. The summed E-state index contributed by atoms with van der Waals surface area (Å²) in [5, 5.41) is 15.5. The first-order valence-electron chi connectivity index (χ1n) is 7.58. The lowest BCUT2D eigenvalue weighted by Crippen LogP contribution is -2.54. The van der Waals surface area contributed by atoms with Crippen LogP contribution >= 0.6 is 0 Å². The maximum atomic E-state index is 12.3. The molecule has 1 aliphatic heterocycles. The van der Waals surface area contributed by atoms with Crippen molar-refractivity contribution in [2.45, 2.75) is 50.8 Å². The van der Waals surface area contributed by atoms with Gasteiger partial charge in [0.1, 0.15) is 0 Å². The second-order valence-electron chi connectivity index (χ2n) is 5.52. The number of nitrogens with one attached hydrogen (secondary N) is 2. The molecule has 0 bridgehead atoms. The molecule has 0 aromatic heterocycles. The lowest BCUT2D eigenvalue weighted by atomic mass is 10.0. The van der Waals surface area contributed by atoms with Crippen molar-refractivity contribution in [3.63, 3.8) is 0 Å². The minimum Gasteiger partial charge on any atom is -0.381 e. The summed E-state index contributed by atoms with van der Waals surface area (Å²) in [6.45, 7) is 6.67. The van der Waals surface area contributed by atoms with Gasteiger partial charge in [-0.15, -0.1) is 6.58 Å². The van der Waals surface area contributed by atoms with Crippen molar-refractivity contribution in [1.82, 2.24) is 15.5 Å². The molecule has 0 aromatic rings. The summed E-state index contributed by atoms with van der Waals surface area (Å²) in [6, 6.07) is -0.714. The Labute approximate surface area is 126 Å². The molecule has 1 fully saturated rings. The summed E-state index contributed by atoms with van der Waals surface area (Å²) in [5.74, 6) is -0.586. The summed E-state index contributed by atoms with van der Waals surface area (Å²) in [5.41, 5.74) is 0. The van der Waals surface area contributed by atoms with Gasteiger partial charge in [0, 0.05) is 6.54 Å². The summed E-state index contributed by atoms with van der Waals surface area (Å²) in [4.78, 5) is 26.1. The first kappa shape index (κ1) is 17.7. The van der Waals surface area contributed by atoms with Crippen LogP contribution in [0, 0.1) is 0 Å². The molecule has 3 unspecified atom stereocenters. The van der Waals surface area contributed by atoms with Crippen LogP contribution in [-0.2, 0) is 9.59 Å². The van der Waals surface area contributed by atoms with Gasteiger partial charge in [-0.2, -0.15) is 0 Å². The molecule has 120 valence electrons. The summed E-state index contributed by atoms with van der Waals surface area (Å²) in [7, 11) is 1.92. The highest BCUT2D eigenvalue weighted by Gasteiger charge is 2.32. The molecule has 0 saturated carbocycles. The van der Waals surface area contributed by atoms with Crippen molar-refractivity contribution in [3.8, 4) is 0 Å². The Kier molecular flexibility index (Phi) is 7.39. The van der Waals surface area contributed by atoms with Crippen molar-refractivity contribution < 1.29 is 14.7 Å². The van der Waals surface area contributed by atoms with E-state index in [2.05, 4.69) is 17.2 Å². The normalized spacial score (nSPS) is 21.6. The number of likely N-dealkylation sites (N-methyl/N-ethyl adjacent to an activating group) is 1. The van der Waals surface area contributed by atoms with Crippen LogP contribution in [0.2, 0.25) is 0 Å². The van der Waals surface area contributed by atoms with Crippen molar-refractivity contribution in [1.29, 1.82) is 0 Å². The van der Waals surface area contributed by atoms with Gasteiger partial charge in [0.2, 0.25) is 5.91 Å². The maximum Gasteiger partial charge on any atom is 0.251 e. The molecule has 6 nitrogen and oxygen atoms in total. The molecular formula is C15H27N3O3.